The summed E-state index contributed by atoms with van der Waals surface area (Å²) in [7, 11) is 0. The molecule has 0 unspecified atom stereocenters. The Labute approximate surface area is 145 Å². The van der Waals surface area contributed by atoms with E-state index in [1.165, 1.54) is 24.2 Å². The highest BCUT2D eigenvalue weighted by Crippen LogP contribution is 2.28. The summed E-state index contributed by atoms with van der Waals surface area (Å²) in [5, 5.41) is 1.92. The van der Waals surface area contributed by atoms with Gasteiger partial charge in [-0.3, -0.25) is 14.7 Å². The van der Waals surface area contributed by atoms with E-state index in [2.05, 4.69) is 25.7 Å². The fraction of sp³-hybridized carbons (Fsp3) is 0.556. The molecule has 6 heteroatoms. The van der Waals surface area contributed by atoms with Gasteiger partial charge in [-0.15, -0.1) is 23.7 Å². The third-order valence-electron chi connectivity index (χ3n) is 5.36. The first kappa shape index (κ1) is 15.7. The van der Waals surface area contributed by atoms with Crippen LogP contribution in [0.4, 0.5) is 5.95 Å². The number of anilines is 1. The smallest absolute Gasteiger partial charge is 0.270 e. The number of hydrogen-bond acceptors (Lipinski definition) is 5. The Morgan fingerprint density at radius 2 is 1.96 bits per heavy atom. The molecule has 2 aliphatic rings. The zero-order valence-corrected chi connectivity index (χ0v) is 14.5. The number of terminal acetylenes is 1. The van der Waals surface area contributed by atoms with Gasteiger partial charge < -0.3 is 4.90 Å². The maximum Gasteiger partial charge on any atom is 0.270 e. The minimum atomic E-state index is -0.0277. The van der Waals surface area contributed by atoms with Crippen LogP contribution >= 0.6 is 11.3 Å². The monoisotopic (exact) mass is 342 g/mol. The van der Waals surface area contributed by atoms with Crippen molar-refractivity contribution < 1.29 is 0 Å². The fourth-order valence-corrected chi connectivity index (χ4v) is 4.64. The van der Waals surface area contributed by atoms with Crippen LogP contribution in [0.25, 0.3) is 10.2 Å². The Kier molecular flexibility index (Phi) is 4.30. The van der Waals surface area contributed by atoms with Crippen molar-refractivity contribution >= 4 is 27.5 Å². The molecule has 2 fully saturated rings. The lowest BCUT2D eigenvalue weighted by Gasteiger charge is -2.41. The van der Waals surface area contributed by atoms with Crippen LogP contribution in [-0.4, -0.2) is 47.1 Å². The molecule has 0 radical (unpaired) electrons. The molecule has 1 aliphatic heterocycles. The second-order valence-corrected chi connectivity index (χ2v) is 7.64. The van der Waals surface area contributed by atoms with Crippen LogP contribution in [-0.2, 0) is 0 Å². The van der Waals surface area contributed by atoms with Crippen molar-refractivity contribution in [1.82, 2.24) is 14.9 Å². The van der Waals surface area contributed by atoms with E-state index >= 15 is 0 Å². The van der Waals surface area contributed by atoms with Crippen molar-refractivity contribution in [2.75, 3.05) is 31.1 Å². The van der Waals surface area contributed by atoms with Gasteiger partial charge in [-0.2, -0.15) is 0 Å². The first-order valence-electron chi connectivity index (χ1n) is 8.67. The van der Waals surface area contributed by atoms with Crippen LogP contribution < -0.4 is 10.5 Å². The summed E-state index contributed by atoms with van der Waals surface area (Å²) in [6.07, 6.45) is 10.3. The van der Waals surface area contributed by atoms with Gasteiger partial charge in [-0.1, -0.05) is 0 Å². The average molecular weight is 342 g/mol. The molecule has 1 saturated heterocycles. The molecule has 1 saturated carbocycles. The molecule has 3 heterocycles. The molecule has 0 amide bonds. The first-order valence-corrected chi connectivity index (χ1v) is 9.55. The maximum absolute atomic E-state index is 12.1. The van der Waals surface area contributed by atoms with Crippen LogP contribution in [0, 0.1) is 18.3 Å². The van der Waals surface area contributed by atoms with E-state index in [0.717, 1.165) is 44.5 Å². The highest BCUT2D eigenvalue weighted by atomic mass is 32.1. The minimum Gasteiger partial charge on any atom is -0.340 e. The quantitative estimate of drug-likeness (QED) is 0.851. The van der Waals surface area contributed by atoms with E-state index in [9.17, 15) is 4.79 Å². The number of aromatic nitrogens is 2. The molecule has 0 bridgehead atoms. The molecule has 2 aromatic heterocycles. The number of nitrogens with one attached hydrogen (secondary N) is 1. The molecule has 0 spiro atoms. The van der Waals surface area contributed by atoms with Gasteiger partial charge in [0.15, 0.2) is 0 Å². The van der Waals surface area contributed by atoms with Crippen molar-refractivity contribution in [2.45, 2.75) is 31.7 Å². The van der Waals surface area contributed by atoms with Crippen molar-refractivity contribution in [3.63, 3.8) is 0 Å². The normalized spacial score (nSPS) is 25.7. The molecular weight excluding hydrogens is 320 g/mol. The van der Waals surface area contributed by atoms with Crippen molar-refractivity contribution in [3.05, 3.63) is 21.8 Å². The Morgan fingerprint density at radius 3 is 2.67 bits per heavy atom. The van der Waals surface area contributed by atoms with E-state index in [1.807, 2.05) is 11.4 Å². The Balaban J connectivity index is 1.40. The van der Waals surface area contributed by atoms with E-state index in [0.29, 0.717) is 22.6 Å². The lowest BCUT2D eigenvalue weighted by atomic mass is 9.85. The molecule has 4 rings (SSSR count). The fourth-order valence-electron chi connectivity index (χ4n) is 3.92. The third kappa shape index (κ3) is 2.94. The number of hydrogen-bond donors (Lipinski definition) is 1. The lowest BCUT2D eigenvalue weighted by molar-refractivity contribution is 0.138. The van der Waals surface area contributed by atoms with Crippen LogP contribution in [0.2, 0.25) is 0 Å². The molecule has 2 aromatic rings. The largest absolute Gasteiger partial charge is 0.340 e. The topological polar surface area (TPSA) is 52.2 Å². The van der Waals surface area contributed by atoms with Gasteiger partial charge in [-0.05, 0) is 37.1 Å². The molecule has 0 atom stereocenters. The second kappa shape index (κ2) is 6.58. The number of thiophene rings is 1. The predicted octanol–water partition coefficient (Wildman–Crippen LogP) is 2.30. The number of fused-ring (bicyclic) bond motifs is 1. The number of piperazine rings is 1. The number of aromatic amines is 1. The summed E-state index contributed by atoms with van der Waals surface area (Å²) in [5.41, 5.74) is 0.772. The van der Waals surface area contributed by atoms with Gasteiger partial charge in [0.1, 0.15) is 4.70 Å². The van der Waals surface area contributed by atoms with Gasteiger partial charge in [0.2, 0.25) is 5.95 Å². The van der Waals surface area contributed by atoms with Gasteiger partial charge in [-0.25, -0.2) is 4.98 Å². The van der Waals surface area contributed by atoms with Crippen LogP contribution in [0.3, 0.4) is 0 Å². The zero-order valence-electron chi connectivity index (χ0n) is 13.7. The summed E-state index contributed by atoms with van der Waals surface area (Å²) >= 11 is 1.44. The summed E-state index contributed by atoms with van der Waals surface area (Å²) in [4.78, 5) is 24.5. The SMILES string of the molecule is C#CC1CCC(N2CCN(c3nc4ccsc4c(=O)[nH]3)CC2)CC1. The molecule has 1 aliphatic carbocycles. The molecule has 1 N–H and O–H groups in total. The highest BCUT2D eigenvalue weighted by Gasteiger charge is 2.28. The summed E-state index contributed by atoms with van der Waals surface area (Å²) in [6, 6.07) is 2.59. The molecule has 0 aromatic carbocycles. The second-order valence-electron chi connectivity index (χ2n) is 6.72. The van der Waals surface area contributed by atoms with Gasteiger partial charge in [0, 0.05) is 38.1 Å². The van der Waals surface area contributed by atoms with Crippen molar-refractivity contribution in [3.8, 4) is 12.3 Å². The van der Waals surface area contributed by atoms with Crippen molar-refractivity contribution in [2.24, 2.45) is 5.92 Å². The zero-order chi connectivity index (χ0) is 16.5. The summed E-state index contributed by atoms with van der Waals surface area (Å²) in [6.45, 7) is 3.87. The Bertz CT molecular complexity index is 804. The van der Waals surface area contributed by atoms with Gasteiger partial charge in [0.05, 0.1) is 5.52 Å². The standard InChI is InChI=1S/C18H22N4OS/c1-2-13-3-5-14(6-4-13)21-8-10-22(11-9-21)18-19-15-7-12-24-16(15)17(23)20-18/h1,7,12-14H,3-6,8-11H2,(H,19,20,23). The maximum atomic E-state index is 12.1. The third-order valence-corrected chi connectivity index (χ3v) is 6.27. The highest BCUT2D eigenvalue weighted by molar-refractivity contribution is 7.17. The van der Waals surface area contributed by atoms with E-state index in [1.54, 1.807) is 0 Å². The molecule has 24 heavy (non-hydrogen) atoms. The van der Waals surface area contributed by atoms with E-state index < -0.39 is 0 Å². The predicted molar refractivity (Wildman–Crippen MR) is 98.6 cm³/mol. The van der Waals surface area contributed by atoms with Crippen LogP contribution in [0.5, 0.6) is 0 Å². The lowest BCUT2D eigenvalue weighted by Crippen LogP contribution is -2.51. The minimum absolute atomic E-state index is 0.0277. The van der Waals surface area contributed by atoms with Gasteiger partial charge >= 0.3 is 0 Å². The summed E-state index contributed by atoms with van der Waals surface area (Å²) in [5.74, 6) is 4.10. The molecular formula is C18H22N4OS. The average Bonchev–Trinajstić information content (AvgIpc) is 3.11. The summed E-state index contributed by atoms with van der Waals surface area (Å²) < 4.78 is 0.711. The van der Waals surface area contributed by atoms with Crippen LogP contribution in [0.1, 0.15) is 25.7 Å². The number of nitrogens with zero attached hydrogens (tertiary/aromatic N) is 3. The van der Waals surface area contributed by atoms with E-state index in [-0.39, 0.29) is 5.56 Å². The van der Waals surface area contributed by atoms with Crippen LogP contribution in [0.15, 0.2) is 16.2 Å². The number of rotatable bonds is 2. The first-order chi connectivity index (χ1) is 11.7. The Morgan fingerprint density at radius 1 is 1.21 bits per heavy atom. The molecule has 126 valence electrons. The van der Waals surface area contributed by atoms with Gasteiger partial charge in [0.25, 0.3) is 5.56 Å². The van der Waals surface area contributed by atoms with E-state index in [4.69, 9.17) is 6.42 Å². The Hall–Kier alpha value is -1.84. The van der Waals surface area contributed by atoms with Crippen molar-refractivity contribution in [1.29, 1.82) is 0 Å². The molecule has 5 nitrogen and oxygen atoms in total. The number of H-pyrrole nitrogens is 1.